The number of thiophene rings is 1. The van der Waals surface area contributed by atoms with Crippen LogP contribution in [0.4, 0.5) is 10.7 Å². The molecule has 0 bridgehead atoms. The fraction of sp³-hybridized carbons (Fsp3) is 0.357. The van der Waals surface area contributed by atoms with Gasteiger partial charge in [0.05, 0.1) is 24.8 Å². The molecule has 7 heteroatoms. The van der Waals surface area contributed by atoms with Gasteiger partial charge in [0.1, 0.15) is 5.00 Å². The van der Waals surface area contributed by atoms with Crippen LogP contribution >= 0.6 is 22.9 Å². The molecular formula is C28H31ClN2O3S. The van der Waals surface area contributed by atoms with Crippen molar-refractivity contribution in [3.63, 3.8) is 0 Å². The summed E-state index contributed by atoms with van der Waals surface area (Å²) in [4.78, 5) is 19.5. The first-order valence-electron chi connectivity index (χ1n) is 11.7. The van der Waals surface area contributed by atoms with Crippen molar-refractivity contribution in [2.24, 2.45) is 16.3 Å². The molecule has 1 aliphatic carbocycles. The largest absolute Gasteiger partial charge is 0.493 e. The van der Waals surface area contributed by atoms with Crippen molar-refractivity contribution >= 4 is 45.7 Å². The van der Waals surface area contributed by atoms with Crippen molar-refractivity contribution in [3.8, 4) is 11.5 Å². The number of rotatable bonds is 6. The van der Waals surface area contributed by atoms with E-state index in [1.165, 1.54) is 4.88 Å². The second kappa shape index (κ2) is 10.4. The molecule has 1 heterocycles. The number of para-hydroxylation sites is 1. The average Bonchev–Trinajstić information content (AvgIpc) is 3.20. The summed E-state index contributed by atoms with van der Waals surface area (Å²) < 4.78 is 10.7. The molecule has 0 aliphatic heterocycles. The molecule has 1 amide bonds. The Balaban J connectivity index is 1.72. The minimum absolute atomic E-state index is 0.125. The highest BCUT2D eigenvalue weighted by Gasteiger charge is 2.33. The quantitative estimate of drug-likeness (QED) is 0.348. The minimum atomic E-state index is -0.125. The molecule has 0 fully saturated rings. The third-order valence-electron chi connectivity index (χ3n) is 6.52. The number of amides is 1. The Bertz CT molecular complexity index is 1250. The molecular weight excluding hydrogens is 480 g/mol. The SMILES string of the molecule is COc1cc(C=Nc2sc3c(c2C(=O)Nc2ccccc2)CC[C@@H](C(C)(C)C)C3)cc(Cl)c1OC. The van der Waals surface area contributed by atoms with E-state index in [9.17, 15) is 4.79 Å². The Kier molecular flexibility index (Phi) is 7.53. The lowest BCUT2D eigenvalue weighted by Crippen LogP contribution is -2.27. The van der Waals surface area contributed by atoms with Gasteiger partial charge >= 0.3 is 0 Å². The molecule has 0 unspecified atom stereocenters. The lowest BCUT2D eigenvalue weighted by Gasteiger charge is -2.33. The summed E-state index contributed by atoms with van der Waals surface area (Å²) in [6.07, 6.45) is 4.63. The number of fused-ring (bicyclic) bond motifs is 1. The molecule has 0 saturated heterocycles. The maximum atomic E-state index is 13.5. The number of anilines is 1. The summed E-state index contributed by atoms with van der Waals surface area (Å²) in [7, 11) is 3.12. The summed E-state index contributed by atoms with van der Waals surface area (Å²) in [5.41, 5.74) is 3.54. The first kappa shape index (κ1) is 25.3. The summed E-state index contributed by atoms with van der Waals surface area (Å²) in [6, 6.07) is 13.1. The fourth-order valence-corrected chi connectivity index (χ4v) is 6.06. The third-order valence-corrected chi connectivity index (χ3v) is 7.96. The highest BCUT2D eigenvalue weighted by molar-refractivity contribution is 7.16. The molecule has 1 aliphatic rings. The number of aliphatic imine (C=N–C) groups is 1. The predicted molar refractivity (Wildman–Crippen MR) is 145 cm³/mol. The van der Waals surface area contributed by atoms with Crippen molar-refractivity contribution in [3.05, 3.63) is 69.1 Å². The van der Waals surface area contributed by atoms with Crippen LogP contribution in [0.5, 0.6) is 11.5 Å². The molecule has 2 aromatic carbocycles. The van der Waals surface area contributed by atoms with Crippen LogP contribution in [-0.4, -0.2) is 26.3 Å². The monoisotopic (exact) mass is 510 g/mol. The van der Waals surface area contributed by atoms with E-state index in [0.29, 0.717) is 33.0 Å². The van der Waals surface area contributed by atoms with Crippen molar-refractivity contribution in [1.29, 1.82) is 0 Å². The van der Waals surface area contributed by atoms with Crippen molar-refractivity contribution in [2.75, 3.05) is 19.5 Å². The Hall–Kier alpha value is -2.83. The van der Waals surface area contributed by atoms with E-state index in [4.69, 9.17) is 26.1 Å². The molecule has 35 heavy (non-hydrogen) atoms. The summed E-state index contributed by atoms with van der Waals surface area (Å²) in [6.45, 7) is 6.87. The number of ether oxygens (including phenoxy) is 2. The zero-order chi connectivity index (χ0) is 25.2. The Labute approximate surface area is 216 Å². The molecule has 1 atom stereocenters. The number of nitrogens with zero attached hydrogens (tertiary/aromatic N) is 1. The third kappa shape index (κ3) is 5.54. The minimum Gasteiger partial charge on any atom is -0.493 e. The van der Waals surface area contributed by atoms with E-state index in [-0.39, 0.29) is 11.3 Å². The van der Waals surface area contributed by atoms with Crippen LogP contribution in [0.1, 0.15) is 53.6 Å². The van der Waals surface area contributed by atoms with Gasteiger partial charge in [-0.15, -0.1) is 11.3 Å². The Morgan fingerprint density at radius 1 is 1.17 bits per heavy atom. The maximum absolute atomic E-state index is 13.5. The van der Waals surface area contributed by atoms with Gasteiger partial charge in [-0.05, 0) is 66.0 Å². The lowest BCUT2D eigenvalue weighted by molar-refractivity contribution is 0.102. The number of hydrogen-bond donors (Lipinski definition) is 1. The highest BCUT2D eigenvalue weighted by atomic mass is 35.5. The fourth-order valence-electron chi connectivity index (χ4n) is 4.50. The van der Waals surface area contributed by atoms with Crippen LogP contribution in [0.2, 0.25) is 5.02 Å². The predicted octanol–water partition coefficient (Wildman–Crippen LogP) is 7.57. The first-order chi connectivity index (χ1) is 16.7. The molecule has 4 rings (SSSR count). The van der Waals surface area contributed by atoms with Crippen LogP contribution in [0, 0.1) is 11.3 Å². The van der Waals surface area contributed by atoms with Crippen LogP contribution < -0.4 is 14.8 Å². The van der Waals surface area contributed by atoms with Crippen LogP contribution in [-0.2, 0) is 12.8 Å². The molecule has 0 spiro atoms. The second-order valence-electron chi connectivity index (χ2n) is 9.81. The van der Waals surface area contributed by atoms with Gasteiger partial charge in [-0.2, -0.15) is 0 Å². The molecule has 3 aromatic rings. The summed E-state index contributed by atoms with van der Waals surface area (Å²) in [5, 5.41) is 4.20. The zero-order valence-electron chi connectivity index (χ0n) is 20.8. The summed E-state index contributed by atoms with van der Waals surface area (Å²) >= 11 is 7.99. The van der Waals surface area contributed by atoms with E-state index in [1.54, 1.807) is 37.8 Å². The molecule has 0 saturated carbocycles. The number of halogens is 1. The van der Waals surface area contributed by atoms with Gasteiger partial charge in [0.2, 0.25) is 0 Å². The topological polar surface area (TPSA) is 59.9 Å². The number of methoxy groups -OCH3 is 2. The van der Waals surface area contributed by atoms with E-state index in [2.05, 4.69) is 26.1 Å². The average molecular weight is 511 g/mol. The zero-order valence-corrected chi connectivity index (χ0v) is 22.3. The van der Waals surface area contributed by atoms with Gasteiger partial charge in [0.15, 0.2) is 11.5 Å². The molecule has 5 nitrogen and oxygen atoms in total. The normalized spacial score (nSPS) is 15.7. The molecule has 1 aromatic heterocycles. The maximum Gasteiger partial charge on any atom is 0.259 e. The van der Waals surface area contributed by atoms with Gasteiger partial charge in [-0.1, -0.05) is 50.6 Å². The van der Waals surface area contributed by atoms with Gasteiger partial charge in [-0.25, -0.2) is 4.99 Å². The summed E-state index contributed by atoms with van der Waals surface area (Å²) in [5.74, 6) is 1.46. The Morgan fingerprint density at radius 2 is 1.91 bits per heavy atom. The lowest BCUT2D eigenvalue weighted by atomic mass is 9.72. The van der Waals surface area contributed by atoms with Gasteiger partial charge in [0, 0.05) is 16.8 Å². The van der Waals surface area contributed by atoms with Gasteiger partial charge < -0.3 is 14.8 Å². The van der Waals surface area contributed by atoms with E-state index in [1.807, 2.05) is 36.4 Å². The second-order valence-corrected chi connectivity index (χ2v) is 11.3. The van der Waals surface area contributed by atoms with Crippen molar-refractivity contribution in [2.45, 2.75) is 40.0 Å². The van der Waals surface area contributed by atoms with Gasteiger partial charge in [-0.3, -0.25) is 4.79 Å². The molecule has 0 radical (unpaired) electrons. The molecule has 1 N–H and O–H groups in total. The van der Waals surface area contributed by atoms with Crippen LogP contribution in [0.15, 0.2) is 47.5 Å². The number of benzene rings is 2. The van der Waals surface area contributed by atoms with Crippen molar-refractivity contribution in [1.82, 2.24) is 0 Å². The number of carbonyl (C=O) groups is 1. The van der Waals surface area contributed by atoms with E-state index < -0.39 is 0 Å². The molecule has 184 valence electrons. The first-order valence-corrected chi connectivity index (χ1v) is 12.9. The van der Waals surface area contributed by atoms with Gasteiger partial charge in [0.25, 0.3) is 5.91 Å². The standard InChI is InChI=1S/C28H31ClN2O3S/c1-28(2,3)18-11-12-20-23(15-18)35-27(24(20)26(32)31-19-9-7-6-8-10-19)30-16-17-13-21(29)25(34-5)22(14-17)33-4/h6-10,13-14,16,18H,11-12,15H2,1-5H3,(H,31,32)/t18-/m1/s1. The van der Waals surface area contributed by atoms with E-state index >= 15 is 0 Å². The number of carbonyl (C=O) groups excluding carboxylic acids is 1. The van der Waals surface area contributed by atoms with Crippen LogP contribution in [0.3, 0.4) is 0 Å². The Morgan fingerprint density at radius 3 is 2.57 bits per heavy atom. The smallest absolute Gasteiger partial charge is 0.259 e. The number of hydrogen-bond acceptors (Lipinski definition) is 5. The van der Waals surface area contributed by atoms with Crippen molar-refractivity contribution < 1.29 is 14.3 Å². The number of nitrogens with one attached hydrogen (secondary N) is 1. The van der Waals surface area contributed by atoms with E-state index in [0.717, 1.165) is 36.1 Å². The highest BCUT2D eigenvalue weighted by Crippen LogP contribution is 2.45. The van der Waals surface area contributed by atoms with Crippen LogP contribution in [0.25, 0.3) is 0 Å².